The minimum absolute atomic E-state index is 0.488. The number of ether oxygens (including phenoxy) is 2. The van der Waals surface area contributed by atoms with Gasteiger partial charge in [0.1, 0.15) is 24.2 Å². The van der Waals surface area contributed by atoms with Crippen molar-refractivity contribution in [3.05, 3.63) is 83.4 Å². The number of aryl methyl sites for hydroxylation is 1. The minimum atomic E-state index is -1.33. The first-order valence-corrected chi connectivity index (χ1v) is 13.5. The maximum atomic E-state index is 9.91. The fourth-order valence-electron chi connectivity index (χ4n) is 3.80. The summed E-state index contributed by atoms with van der Waals surface area (Å²) < 4.78 is 18.1. The lowest BCUT2D eigenvalue weighted by Gasteiger charge is -2.29. The lowest BCUT2D eigenvalue weighted by atomic mass is 9.93. The molecule has 0 radical (unpaired) electrons. The molecule has 1 unspecified atom stereocenters. The Morgan fingerprint density at radius 2 is 1.84 bits per heavy atom. The third-order valence-electron chi connectivity index (χ3n) is 5.28. The Morgan fingerprint density at radius 3 is 2.59 bits per heavy atom. The molecule has 5 heteroatoms. The van der Waals surface area contributed by atoms with E-state index in [1.807, 2.05) is 73.4 Å². The normalized spacial score (nSPS) is 14.6. The molecule has 1 aliphatic rings. The van der Waals surface area contributed by atoms with Crippen LogP contribution in [-0.2, 0) is 17.2 Å². The van der Waals surface area contributed by atoms with Crippen LogP contribution in [0.3, 0.4) is 0 Å². The van der Waals surface area contributed by atoms with Crippen LogP contribution in [-0.4, -0.2) is 25.4 Å². The third-order valence-corrected chi connectivity index (χ3v) is 6.05. The molecule has 0 amide bonds. The highest BCUT2D eigenvalue weighted by atomic mass is 32.3. The number of rotatable bonds is 7. The van der Waals surface area contributed by atoms with Crippen molar-refractivity contribution in [3.63, 3.8) is 0 Å². The summed E-state index contributed by atoms with van der Waals surface area (Å²) in [7, 11) is -1.33. The first-order valence-electron chi connectivity index (χ1n) is 10.8. The zero-order chi connectivity index (χ0) is 22.6. The van der Waals surface area contributed by atoms with Crippen LogP contribution in [0.4, 0.5) is 0 Å². The van der Waals surface area contributed by atoms with Crippen molar-refractivity contribution in [3.8, 4) is 28.7 Å². The molecule has 0 fully saturated rings. The predicted molar refractivity (Wildman–Crippen MR) is 131 cm³/mol. The summed E-state index contributed by atoms with van der Waals surface area (Å²) in [6, 6.07) is 24.6. The first-order chi connectivity index (χ1) is 15.4. The first kappa shape index (κ1) is 22.3. The van der Waals surface area contributed by atoms with Crippen LogP contribution < -0.4 is 9.47 Å². The van der Waals surface area contributed by atoms with Gasteiger partial charge in [-0.25, -0.2) is 0 Å². The fraction of sp³-hybridized carbons (Fsp3) is 0.296. The summed E-state index contributed by atoms with van der Waals surface area (Å²) in [6.45, 7) is 1.25. The number of nitrogens with zero attached hydrogens (tertiary/aromatic N) is 1. The Hall–Kier alpha value is -2.94. The van der Waals surface area contributed by atoms with Gasteiger partial charge in [-0.2, -0.15) is 5.26 Å². The van der Waals surface area contributed by atoms with Gasteiger partial charge in [0.15, 0.2) is 6.10 Å². The van der Waals surface area contributed by atoms with E-state index in [2.05, 4.69) is 18.2 Å². The van der Waals surface area contributed by atoms with Crippen molar-refractivity contribution in [2.45, 2.75) is 25.6 Å². The molecule has 166 valence electrons. The number of benzene rings is 3. The molecule has 0 aliphatic carbocycles. The van der Waals surface area contributed by atoms with Crippen LogP contribution in [0.2, 0.25) is 0 Å². The highest BCUT2D eigenvalue weighted by Gasteiger charge is 2.22. The molecule has 4 rings (SSSR count). The van der Waals surface area contributed by atoms with Gasteiger partial charge >= 0.3 is 0 Å². The summed E-state index contributed by atoms with van der Waals surface area (Å²) in [5.41, 5.74) is 5.17. The van der Waals surface area contributed by atoms with Crippen molar-refractivity contribution in [1.82, 2.24) is 0 Å². The number of nitriles is 1. The molecule has 1 atom stereocenters. The van der Waals surface area contributed by atoms with Crippen LogP contribution in [0.15, 0.2) is 66.7 Å². The van der Waals surface area contributed by atoms with E-state index in [1.54, 1.807) is 0 Å². The second-order valence-electron chi connectivity index (χ2n) is 8.63. The molecule has 0 N–H and O–H groups in total. The Balaban J connectivity index is 1.72. The van der Waals surface area contributed by atoms with Crippen molar-refractivity contribution >= 4 is 10.3 Å². The zero-order valence-corrected chi connectivity index (χ0v) is 19.7. The summed E-state index contributed by atoms with van der Waals surface area (Å²) in [5.74, 6) is 1.71. The highest BCUT2D eigenvalue weighted by molar-refractivity contribution is 8.28. The lowest BCUT2D eigenvalue weighted by molar-refractivity contribution is 0.288. The van der Waals surface area contributed by atoms with E-state index in [1.165, 1.54) is 5.56 Å². The molecule has 0 spiro atoms. The highest BCUT2D eigenvalue weighted by Crippen LogP contribution is 2.44. The van der Waals surface area contributed by atoms with E-state index in [0.29, 0.717) is 6.61 Å². The predicted octanol–water partition coefficient (Wildman–Crippen LogP) is 6.45. The number of hydrogen-bond donors (Lipinski definition) is 0. The van der Waals surface area contributed by atoms with Crippen molar-refractivity contribution < 1.29 is 13.7 Å². The molecule has 32 heavy (non-hydrogen) atoms. The second-order valence-corrected chi connectivity index (χ2v) is 12.3. The van der Waals surface area contributed by atoms with Gasteiger partial charge in [-0.05, 0) is 78.1 Å². The maximum Gasteiger partial charge on any atom is 0.181 e. The molecule has 0 saturated heterocycles. The van der Waals surface area contributed by atoms with Gasteiger partial charge < -0.3 is 13.7 Å². The van der Waals surface area contributed by atoms with E-state index in [-0.39, 0.29) is 0 Å². The van der Waals surface area contributed by atoms with Gasteiger partial charge in [-0.15, -0.1) is 10.3 Å². The van der Waals surface area contributed by atoms with E-state index in [9.17, 15) is 5.26 Å². The summed E-state index contributed by atoms with van der Waals surface area (Å²) in [4.78, 5) is 0. The van der Waals surface area contributed by atoms with Crippen LogP contribution in [0.1, 0.15) is 29.2 Å². The van der Waals surface area contributed by atoms with Crippen molar-refractivity contribution in [2.24, 2.45) is 0 Å². The van der Waals surface area contributed by atoms with Crippen molar-refractivity contribution in [2.75, 3.05) is 25.4 Å². The zero-order valence-electron chi connectivity index (χ0n) is 18.8. The van der Waals surface area contributed by atoms with E-state index >= 15 is 0 Å². The SMILES string of the molecule is CS(C)(C)OC(C#N)c1ccc(OCc2ccccc2)cc1-c1ccc2c(c1)CCCO2. The Bertz CT molecular complexity index is 1120. The molecule has 0 saturated carbocycles. The third kappa shape index (κ3) is 5.45. The van der Waals surface area contributed by atoms with Gasteiger partial charge in [0.05, 0.1) is 6.61 Å². The number of fused-ring (bicyclic) bond motifs is 1. The van der Waals surface area contributed by atoms with Crippen LogP contribution in [0.25, 0.3) is 11.1 Å². The molecule has 4 nitrogen and oxygen atoms in total. The standard InChI is InChI=1S/C27H29NO3S/c1-32(2,3)31-27(18-28)24-13-12-23(30-19-20-8-5-4-6-9-20)17-25(24)21-11-14-26-22(16-21)10-7-15-29-26/h4-6,8-9,11-14,16-17,27H,7,10,15,19H2,1-3H3. The molecular weight excluding hydrogens is 418 g/mol. The van der Waals surface area contributed by atoms with Crippen LogP contribution in [0, 0.1) is 11.3 Å². The average Bonchev–Trinajstić information content (AvgIpc) is 2.81. The molecule has 0 bridgehead atoms. The van der Waals surface area contributed by atoms with Crippen LogP contribution >= 0.6 is 10.3 Å². The molecule has 1 heterocycles. The van der Waals surface area contributed by atoms with Gasteiger partial charge in [-0.3, -0.25) is 0 Å². The van der Waals surface area contributed by atoms with E-state index in [4.69, 9.17) is 13.7 Å². The number of hydrogen-bond acceptors (Lipinski definition) is 4. The molecule has 1 aliphatic heterocycles. The largest absolute Gasteiger partial charge is 0.493 e. The Labute approximate surface area is 192 Å². The van der Waals surface area contributed by atoms with Gasteiger partial charge in [0.25, 0.3) is 0 Å². The quantitative estimate of drug-likeness (QED) is 0.418. The van der Waals surface area contributed by atoms with Crippen LogP contribution in [0.5, 0.6) is 11.5 Å². The maximum absolute atomic E-state index is 9.91. The van der Waals surface area contributed by atoms with E-state index in [0.717, 1.165) is 53.2 Å². The summed E-state index contributed by atoms with van der Waals surface area (Å²) >= 11 is 0. The van der Waals surface area contributed by atoms with Gasteiger partial charge in [0, 0.05) is 5.56 Å². The Kier molecular flexibility index (Phi) is 6.74. The summed E-state index contributed by atoms with van der Waals surface area (Å²) in [6.07, 6.45) is 7.50. The van der Waals surface area contributed by atoms with Gasteiger partial charge in [0.2, 0.25) is 0 Å². The summed E-state index contributed by atoms with van der Waals surface area (Å²) in [5, 5.41) is 9.91. The Morgan fingerprint density at radius 1 is 1.03 bits per heavy atom. The topological polar surface area (TPSA) is 51.5 Å². The minimum Gasteiger partial charge on any atom is -0.493 e. The monoisotopic (exact) mass is 447 g/mol. The molecule has 0 aromatic heterocycles. The second kappa shape index (κ2) is 9.68. The average molecular weight is 448 g/mol. The smallest absolute Gasteiger partial charge is 0.181 e. The van der Waals surface area contributed by atoms with E-state index < -0.39 is 16.4 Å². The van der Waals surface area contributed by atoms with Crippen molar-refractivity contribution in [1.29, 1.82) is 5.26 Å². The van der Waals surface area contributed by atoms with Gasteiger partial charge in [-0.1, -0.05) is 42.5 Å². The lowest BCUT2D eigenvalue weighted by Crippen LogP contribution is -2.09. The molecule has 3 aromatic carbocycles. The fourth-order valence-corrected chi connectivity index (χ4v) is 4.53. The molecule has 3 aromatic rings. The molecular formula is C27H29NO3S.